The number of hydrogen-bond acceptors (Lipinski definition) is 3. The molecule has 4 nitrogen and oxygen atoms in total. The number of likely N-dealkylation sites (N-methyl/N-ethyl adjacent to an activating group) is 1. The zero-order valence-corrected chi connectivity index (χ0v) is 10.9. The van der Waals surface area contributed by atoms with Gasteiger partial charge in [0.2, 0.25) is 0 Å². The van der Waals surface area contributed by atoms with Gasteiger partial charge in [0.05, 0.1) is 6.34 Å². The Bertz CT molecular complexity index is 185. The molecule has 0 saturated carbocycles. The Balaban J connectivity index is 0.00000106. The van der Waals surface area contributed by atoms with Crippen LogP contribution in [0.1, 0.15) is 13.8 Å². The lowest BCUT2D eigenvalue weighted by atomic mass is 10.3. The van der Waals surface area contributed by atoms with Crippen LogP contribution in [-0.2, 0) is 0 Å². The van der Waals surface area contributed by atoms with Crippen molar-refractivity contribution in [2.24, 2.45) is 4.99 Å². The van der Waals surface area contributed by atoms with Gasteiger partial charge in [0.25, 0.3) is 0 Å². The normalized spacial score (nSPS) is 16.7. The molecule has 16 heavy (non-hydrogen) atoms. The molecule has 1 N–H and O–H groups in total. The van der Waals surface area contributed by atoms with E-state index in [0.717, 1.165) is 39.3 Å². The minimum atomic E-state index is 1.03. The summed E-state index contributed by atoms with van der Waals surface area (Å²) in [5.74, 6) is 0. The highest BCUT2D eigenvalue weighted by molar-refractivity contribution is 5.55. The molecule has 1 rings (SSSR count). The Morgan fingerprint density at radius 3 is 2.56 bits per heavy atom. The van der Waals surface area contributed by atoms with E-state index in [2.05, 4.69) is 26.7 Å². The van der Waals surface area contributed by atoms with Crippen LogP contribution < -0.4 is 5.32 Å². The zero-order chi connectivity index (χ0) is 12.2. The first-order chi connectivity index (χ1) is 7.83. The van der Waals surface area contributed by atoms with Crippen LogP contribution in [0.15, 0.2) is 17.8 Å². The van der Waals surface area contributed by atoms with Gasteiger partial charge in [-0.1, -0.05) is 20.4 Å². The van der Waals surface area contributed by atoms with Crippen molar-refractivity contribution in [2.75, 3.05) is 46.3 Å². The van der Waals surface area contributed by atoms with Crippen molar-refractivity contribution in [3.8, 4) is 0 Å². The molecule has 0 bridgehead atoms. The van der Waals surface area contributed by atoms with E-state index in [-0.39, 0.29) is 0 Å². The second-order valence-electron chi connectivity index (χ2n) is 3.52. The molecule has 0 amide bonds. The lowest BCUT2D eigenvalue weighted by Gasteiger charge is -2.28. The molecule has 0 aliphatic carbocycles. The van der Waals surface area contributed by atoms with Crippen LogP contribution >= 0.6 is 0 Å². The highest BCUT2D eigenvalue weighted by atomic mass is 15.2. The van der Waals surface area contributed by atoms with Crippen LogP contribution in [0.3, 0.4) is 0 Å². The Hall–Kier alpha value is -0.870. The van der Waals surface area contributed by atoms with Gasteiger partial charge in [0, 0.05) is 52.5 Å². The summed E-state index contributed by atoms with van der Waals surface area (Å²) in [4.78, 5) is 8.52. The SMILES string of the molecule is C=CN=CN(C)CCN1CCNCC1.CC. The molecule has 0 spiro atoms. The summed E-state index contributed by atoms with van der Waals surface area (Å²) in [7, 11) is 2.04. The van der Waals surface area contributed by atoms with Crippen molar-refractivity contribution in [3.63, 3.8) is 0 Å². The third-order valence-electron chi connectivity index (χ3n) is 2.35. The van der Waals surface area contributed by atoms with Crippen molar-refractivity contribution >= 4 is 6.34 Å². The van der Waals surface area contributed by atoms with Crippen LogP contribution in [0.5, 0.6) is 0 Å². The summed E-state index contributed by atoms with van der Waals surface area (Å²) in [6.07, 6.45) is 3.37. The standard InChI is InChI=1S/C10H20N4.C2H6/c1-3-11-10-13(2)8-9-14-6-4-12-5-7-14;1-2/h3,10,12H,1,4-9H2,2H3;1-2H3. The first-order valence-electron chi connectivity index (χ1n) is 6.10. The predicted molar refractivity (Wildman–Crippen MR) is 72.0 cm³/mol. The van der Waals surface area contributed by atoms with Gasteiger partial charge >= 0.3 is 0 Å². The minimum Gasteiger partial charge on any atom is -0.364 e. The molecule has 0 radical (unpaired) electrons. The first-order valence-corrected chi connectivity index (χ1v) is 6.10. The van der Waals surface area contributed by atoms with Crippen molar-refractivity contribution in [1.29, 1.82) is 0 Å². The molecule has 1 fully saturated rings. The monoisotopic (exact) mass is 226 g/mol. The van der Waals surface area contributed by atoms with E-state index < -0.39 is 0 Å². The molecule has 1 heterocycles. The number of rotatable bonds is 5. The zero-order valence-electron chi connectivity index (χ0n) is 10.9. The summed E-state index contributed by atoms with van der Waals surface area (Å²) < 4.78 is 0. The minimum absolute atomic E-state index is 1.03. The van der Waals surface area contributed by atoms with E-state index in [1.54, 1.807) is 6.20 Å². The maximum absolute atomic E-state index is 3.97. The molecule has 0 aromatic heterocycles. The molecule has 0 aromatic rings. The van der Waals surface area contributed by atoms with Crippen LogP contribution in [0.4, 0.5) is 0 Å². The Morgan fingerprint density at radius 2 is 2.00 bits per heavy atom. The molecule has 1 aliphatic heterocycles. The molecular weight excluding hydrogens is 200 g/mol. The Kier molecular flexibility index (Phi) is 10.1. The largest absolute Gasteiger partial charge is 0.364 e. The van der Waals surface area contributed by atoms with E-state index in [9.17, 15) is 0 Å². The lowest BCUT2D eigenvalue weighted by Crippen LogP contribution is -2.45. The second-order valence-corrected chi connectivity index (χ2v) is 3.52. The van der Waals surface area contributed by atoms with Crippen molar-refractivity contribution in [3.05, 3.63) is 12.8 Å². The molecule has 1 aliphatic rings. The molecule has 0 aromatic carbocycles. The fourth-order valence-corrected chi connectivity index (χ4v) is 1.45. The smallest absolute Gasteiger partial charge is 0.0902 e. The lowest BCUT2D eigenvalue weighted by molar-refractivity contribution is 0.228. The summed E-state index contributed by atoms with van der Waals surface area (Å²) in [5, 5.41) is 3.34. The van der Waals surface area contributed by atoms with E-state index >= 15 is 0 Å². The summed E-state index contributed by atoms with van der Waals surface area (Å²) in [6, 6.07) is 0. The van der Waals surface area contributed by atoms with Crippen LogP contribution in [0, 0.1) is 0 Å². The summed E-state index contributed by atoms with van der Waals surface area (Å²) in [5.41, 5.74) is 0. The van der Waals surface area contributed by atoms with E-state index in [4.69, 9.17) is 0 Å². The van der Waals surface area contributed by atoms with Crippen LogP contribution in [0.2, 0.25) is 0 Å². The number of nitrogens with one attached hydrogen (secondary N) is 1. The van der Waals surface area contributed by atoms with Gasteiger partial charge in [-0.25, -0.2) is 4.99 Å². The van der Waals surface area contributed by atoms with Crippen LogP contribution in [-0.4, -0.2) is 62.5 Å². The number of nitrogens with zero attached hydrogens (tertiary/aromatic N) is 3. The average Bonchev–Trinajstić information content (AvgIpc) is 2.37. The summed E-state index contributed by atoms with van der Waals surface area (Å²) >= 11 is 0. The van der Waals surface area contributed by atoms with Gasteiger partial charge in [0.1, 0.15) is 0 Å². The van der Waals surface area contributed by atoms with Crippen molar-refractivity contribution in [1.82, 2.24) is 15.1 Å². The highest BCUT2D eigenvalue weighted by Crippen LogP contribution is 1.91. The van der Waals surface area contributed by atoms with E-state index in [1.165, 1.54) is 0 Å². The number of piperazine rings is 1. The average molecular weight is 226 g/mol. The first kappa shape index (κ1) is 15.1. The fraction of sp³-hybridized carbons (Fsp3) is 0.750. The Morgan fingerprint density at radius 1 is 1.38 bits per heavy atom. The maximum atomic E-state index is 3.97. The van der Waals surface area contributed by atoms with Gasteiger partial charge in [-0.05, 0) is 0 Å². The third kappa shape index (κ3) is 7.43. The second kappa shape index (κ2) is 10.6. The third-order valence-corrected chi connectivity index (χ3v) is 2.35. The van der Waals surface area contributed by atoms with Crippen LogP contribution in [0.25, 0.3) is 0 Å². The Labute approximate surface area is 100 Å². The van der Waals surface area contributed by atoms with Gasteiger partial charge in [-0.15, -0.1) is 0 Å². The molecule has 4 heteroatoms. The molecule has 1 saturated heterocycles. The molecule has 94 valence electrons. The molecular formula is C12H26N4. The van der Waals surface area contributed by atoms with Gasteiger partial charge < -0.3 is 10.2 Å². The van der Waals surface area contributed by atoms with Gasteiger partial charge in [-0.2, -0.15) is 0 Å². The fourth-order valence-electron chi connectivity index (χ4n) is 1.45. The topological polar surface area (TPSA) is 30.9 Å². The number of hydrogen-bond donors (Lipinski definition) is 1. The maximum Gasteiger partial charge on any atom is 0.0902 e. The van der Waals surface area contributed by atoms with Crippen molar-refractivity contribution in [2.45, 2.75) is 13.8 Å². The van der Waals surface area contributed by atoms with E-state index in [1.807, 2.05) is 27.2 Å². The predicted octanol–water partition coefficient (Wildman–Crippen LogP) is 1.02. The summed E-state index contributed by atoms with van der Waals surface area (Å²) in [6.45, 7) is 14.2. The quantitative estimate of drug-likeness (QED) is 0.561. The van der Waals surface area contributed by atoms with Gasteiger partial charge in [-0.3, -0.25) is 4.90 Å². The molecule has 0 unspecified atom stereocenters. The highest BCUT2D eigenvalue weighted by Gasteiger charge is 2.08. The van der Waals surface area contributed by atoms with Gasteiger partial charge in [0.15, 0.2) is 0 Å². The van der Waals surface area contributed by atoms with E-state index in [0.29, 0.717) is 0 Å². The molecule has 0 atom stereocenters. The van der Waals surface area contributed by atoms with Crippen molar-refractivity contribution < 1.29 is 0 Å². The number of aliphatic imine (C=N–C) groups is 1.